The number of guanidine groups is 1. The molecule has 0 aromatic carbocycles. The summed E-state index contributed by atoms with van der Waals surface area (Å²) in [4.78, 5) is 17.9. The average molecular weight is 375 g/mol. The number of carbonyl (C=O) groups is 1. The van der Waals surface area contributed by atoms with Crippen LogP contribution in [0.2, 0.25) is 0 Å². The fourth-order valence-corrected chi connectivity index (χ4v) is 3.00. The number of carbonyl (C=O) groups excluding carboxylic acids is 1. The van der Waals surface area contributed by atoms with Crippen LogP contribution < -0.4 is 5.32 Å². The lowest BCUT2D eigenvalue weighted by molar-refractivity contribution is -0.149. The number of hydrogen-bond acceptors (Lipinski definition) is 4. The minimum atomic E-state index is -4.50. The maximum absolute atomic E-state index is 13.0. The predicted octanol–water partition coefficient (Wildman–Crippen LogP) is 1.79. The first kappa shape index (κ1) is 20.1. The number of nitrogens with zero attached hydrogens (tertiary/aromatic N) is 4. The van der Waals surface area contributed by atoms with Crippen molar-refractivity contribution in [3.63, 3.8) is 0 Å². The lowest BCUT2D eigenvalue weighted by Gasteiger charge is -2.33. The lowest BCUT2D eigenvalue weighted by Crippen LogP contribution is -2.46. The third kappa shape index (κ3) is 4.89. The van der Waals surface area contributed by atoms with Gasteiger partial charge in [-0.2, -0.15) is 18.3 Å². The zero-order chi connectivity index (χ0) is 19.3. The molecule has 7 nitrogen and oxygen atoms in total. The summed E-state index contributed by atoms with van der Waals surface area (Å²) in [6.45, 7) is 3.26. The molecule has 0 amide bonds. The summed E-state index contributed by atoms with van der Waals surface area (Å²) >= 11 is 0. The Labute approximate surface area is 150 Å². The summed E-state index contributed by atoms with van der Waals surface area (Å²) in [6.07, 6.45) is -1.91. The summed E-state index contributed by atoms with van der Waals surface area (Å²) in [7, 11) is 3.03. The Kier molecular flexibility index (Phi) is 6.49. The van der Waals surface area contributed by atoms with E-state index in [1.54, 1.807) is 14.0 Å². The Bertz CT molecular complexity index is 649. The van der Waals surface area contributed by atoms with Crippen molar-refractivity contribution in [3.05, 3.63) is 17.5 Å². The van der Waals surface area contributed by atoms with E-state index in [1.165, 1.54) is 13.2 Å². The molecule has 0 bridgehead atoms. The SMILES string of the molecule is CCOC(=O)C1CCN(C(=NC)NCc2cn(C)nc2C(F)(F)F)CC1. The normalized spacial score (nSPS) is 16.7. The van der Waals surface area contributed by atoms with Gasteiger partial charge in [-0.3, -0.25) is 14.5 Å². The topological polar surface area (TPSA) is 71.8 Å². The molecule has 0 spiro atoms. The number of aliphatic imine (C=N–C) groups is 1. The molecule has 0 saturated carbocycles. The second-order valence-electron chi connectivity index (χ2n) is 6.09. The van der Waals surface area contributed by atoms with Gasteiger partial charge in [-0.25, -0.2) is 0 Å². The maximum atomic E-state index is 13.0. The standard InChI is InChI=1S/C16H24F3N5O2/c1-4-26-14(25)11-5-7-24(8-6-11)15(20-2)21-9-12-10-23(3)22-13(12)16(17,18)19/h10-11H,4-9H2,1-3H3,(H,20,21). The number of ether oxygens (including phenoxy) is 1. The number of alkyl halides is 3. The van der Waals surface area contributed by atoms with Crippen LogP contribution >= 0.6 is 0 Å². The molecule has 1 aromatic heterocycles. The third-order valence-corrected chi connectivity index (χ3v) is 4.24. The Morgan fingerprint density at radius 1 is 1.42 bits per heavy atom. The molecule has 1 saturated heterocycles. The quantitative estimate of drug-likeness (QED) is 0.494. The van der Waals surface area contributed by atoms with Crippen molar-refractivity contribution in [1.29, 1.82) is 0 Å². The Hall–Kier alpha value is -2.26. The zero-order valence-electron chi connectivity index (χ0n) is 15.1. The van der Waals surface area contributed by atoms with Crippen molar-refractivity contribution in [2.75, 3.05) is 26.7 Å². The molecule has 0 unspecified atom stereocenters. The lowest BCUT2D eigenvalue weighted by atomic mass is 9.97. The molecule has 2 heterocycles. The highest BCUT2D eigenvalue weighted by atomic mass is 19.4. The highest BCUT2D eigenvalue weighted by Crippen LogP contribution is 2.30. The van der Waals surface area contributed by atoms with Crippen LogP contribution in [0, 0.1) is 5.92 Å². The number of likely N-dealkylation sites (tertiary alicyclic amines) is 1. The van der Waals surface area contributed by atoms with Gasteiger partial charge in [0.05, 0.1) is 12.5 Å². The molecule has 10 heteroatoms. The number of nitrogens with one attached hydrogen (secondary N) is 1. The van der Waals surface area contributed by atoms with Crippen molar-refractivity contribution < 1.29 is 22.7 Å². The van der Waals surface area contributed by atoms with Crippen molar-refractivity contribution in [2.45, 2.75) is 32.5 Å². The number of aromatic nitrogens is 2. The zero-order valence-corrected chi connectivity index (χ0v) is 15.1. The first-order valence-corrected chi connectivity index (χ1v) is 8.48. The van der Waals surface area contributed by atoms with E-state index in [9.17, 15) is 18.0 Å². The van der Waals surface area contributed by atoms with E-state index in [0.717, 1.165) is 4.68 Å². The Balaban J connectivity index is 1.95. The van der Waals surface area contributed by atoms with Crippen LogP contribution in [0.1, 0.15) is 31.0 Å². The maximum Gasteiger partial charge on any atom is 0.435 e. The molecule has 146 valence electrons. The number of esters is 1. The Morgan fingerprint density at radius 3 is 2.62 bits per heavy atom. The molecule has 1 aliphatic heterocycles. The molecule has 1 aliphatic rings. The summed E-state index contributed by atoms with van der Waals surface area (Å²) in [5.41, 5.74) is -0.841. The van der Waals surface area contributed by atoms with Crippen molar-refractivity contribution in [1.82, 2.24) is 20.0 Å². The van der Waals surface area contributed by atoms with E-state index >= 15 is 0 Å². The van der Waals surface area contributed by atoms with Gasteiger partial charge in [-0.15, -0.1) is 0 Å². The molecular formula is C16H24F3N5O2. The summed E-state index contributed by atoms with van der Waals surface area (Å²) < 4.78 is 45.2. The van der Waals surface area contributed by atoms with Gasteiger partial charge in [0.15, 0.2) is 11.7 Å². The molecule has 1 fully saturated rings. The largest absolute Gasteiger partial charge is 0.466 e. The monoisotopic (exact) mass is 375 g/mol. The average Bonchev–Trinajstić information content (AvgIpc) is 2.97. The van der Waals surface area contributed by atoms with Gasteiger partial charge in [0, 0.05) is 45.5 Å². The van der Waals surface area contributed by atoms with Gasteiger partial charge in [-0.1, -0.05) is 0 Å². The molecule has 1 N–H and O–H groups in total. The second-order valence-corrected chi connectivity index (χ2v) is 6.09. The van der Waals surface area contributed by atoms with E-state index in [2.05, 4.69) is 15.4 Å². The molecule has 0 atom stereocenters. The Morgan fingerprint density at radius 2 is 2.08 bits per heavy atom. The predicted molar refractivity (Wildman–Crippen MR) is 89.3 cm³/mol. The fraction of sp³-hybridized carbons (Fsp3) is 0.688. The third-order valence-electron chi connectivity index (χ3n) is 4.24. The van der Waals surface area contributed by atoms with E-state index in [4.69, 9.17) is 4.74 Å². The summed E-state index contributed by atoms with van der Waals surface area (Å²) in [6, 6.07) is 0. The van der Waals surface area contributed by atoms with Crippen LogP contribution in [0.4, 0.5) is 13.2 Å². The van der Waals surface area contributed by atoms with Crippen molar-refractivity contribution in [3.8, 4) is 0 Å². The van der Waals surface area contributed by atoms with Gasteiger partial charge in [0.25, 0.3) is 0 Å². The second kappa shape index (κ2) is 8.41. The molecular weight excluding hydrogens is 351 g/mol. The van der Waals surface area contributed by atoms with Crippen LogP contribution in [0.3, 0.4) is 0 Å². The van der Waals surface area contributed by atoms with E-state index in [0.29, 0.717) is 38.5 Å². The molecule has 0 aliphatic carbocycles. The van der Waals surface area contributed by atoms with E-state index in [-0.39, 0.29) is 24.0 Å². The molecule has 0 radical (unpaired) electrons. The minimum Gasteiger partial charge on any atom is -0.466 e. The molecule has 26 heavy (non-hydrogen) atoms. The van der Waals surface area contributed by atoms with Gasteiger partial charge < -0.3 is 15.0 Å². The fourth-order valence-electron chi connectivity index (χ4n) is 3.00. The van der Waals surface area contributed by atoms with Gasteiger partial charge in [-0.05, 0) is 19.8 Å². The van der Waals surface area contributed by atoms with Gasteiger partial charge in [0.2, 0.25) is 0 Å². The minimum absolute atomic E-state index is 0.0346. The van der Waals surface area contributed by atoms with Crippen molar-refractivity contribution in [2.24, 2.45) is 18.0 Å². The number of aryl methyl sites for hydroxylation is 1. The number of halogens is 3. The number of piperidine rings is 1. The van der Waals surface area contributed by atoms with Crippen LogP contribution in [-0.4, -0.2) is 53.4 Å². The van der Waals surface area contributed by atoms with Gasteiger partial charge in [0.1, 0.15) is 0 Å². The number of rotatable bonds is 4. The van der Waals surface area contributed by atoms with Crippen LogP contribution in [0.15, 0.2) is 11.2 Å². The smallest absolute Gasteiger partial charge is 0.435 e. The van der Waals surface area contributed by atoms with E-state index < -0.39 is 11.9 Å². The first-order chi connectivity index (χ1) is 12.3. The van der Waals surface area contributed by atoms with Crippen LogP contribution in [0.25, 0.3) is 0 Å². The molecule has 1 aromatic rings. The van der Waals surface area contributed by atoms with Crippen LogP contribution in [-0.2, 0) is 29.3 Å². The van der Waals surface area contributed by atoms with Crippen molar-refractivity contribution >= 4 is 11.9 Å². The van der Waals surface area contributed by atoms with Gasteiger partial charge >= 0.3 is 12.1 Å². The van der Waals surface area contributed by atoms with Crippen LogP contribution in [0.5, 0.6) is 0 Å². The first-order valence-electron chi connectivity index (χ1n) is 8.48. The van der Waals surface area contributed by atoms with E-state index in [1.807, 2.05) is 4.90 Å². The summed E-state index contributed by atoms with van der Waals surface area (Å²) in [5.74, 6) is 0.170. The highest BCUT2D eigenvalue weighted by molar-refractivity contribution is 5.80. The number of hydrogen-bond donors (Lipinski definition) is 1. The highest BCUT2D eigenvalue weighted by Gasteiger charge is 2.37. The summed E-state index contributed by atoms with van der Waals surface area (Å²) in [5, 5.41) is 6.45. The molecule has 2 rings (SSSR count).